The monoisotopic (exact) mass is 421 g/mol. The van der Waals surface area contributed by atoms with Crippen LogP contribution in [0.4, 0.5) is 0 Å². The van der Waals surface area contributed by atoms with Crippen molar-refractivity contribution in [2.75, 3.05) is 27.3 Å². The molecule has 0 bridgehead atoms. The van der Waals surface area contributed by atoms with E-state index in [1.165, 1.54) is 18.5 Å². The van der Waals surface area contributed by atoms with Crippen LogP contribution in [-0.4, -0.2) is 55.7 Å². The van der Waals surface area contributed by atoms with Crippen molar-refractivity contribution in [2.24, 2.45) is 0 Å². The van der Waals surface area contributed by atoms with Crippen molar-refractivity contribution >= 4 is 15.9 Å². The number of aromatic nitrogens is 2. The van der Waals surface area contributed by atoms with E-state index in [2.05, 4.69) is 5.10 Å². The molecule has 0 saturated carbocycles. The van der Waals surface area contributed by atoms with Crippen LogP contribution in [0.15, 0.2) is 23.1 Å². The van der Waals surface area contributed by atoms with Crippen LogP contribution in [0.1, 0.15) is 47.4 Å². The Bertz CT molecular complexity index is 1010. The van der Waals surface area contributed by atoms with E-state index in [0.29, 0.717) is 36.0 Å². The first-order valence-corrected chi connectivity index (χ1v) is 11.1. The molecule has 29 heavy (non-hydrogen) atoms. The first-order valence-electron chi connectivity index (χ1n) is 9.64. The second-order valence-electron chi connectivity index (χ2n) is 7.10. The van der Waals surface area contributed by atoms with Crippen LogP contribution in [0.25, 0.3) is 0 Å². The van der Waals surface area contributed by atoms with Gasteiger partial charge in [-0.1, -0.05) is 12.8 Å². The lowest BCUT2D eigenvalue weighted by Gasteiger charge is -2.20. The van der Waals surface area contributed by atoms with Crippen LogP contribution in [0, 0.1) is 13.8 Å². The zero-order chi connectivity index (χ0) is 21.2. The van der Waals surface area contributed by atoms with Crippen LogP contribution < -0.4 is 9.47 Å². The molecule has 0 spiro atoms. The maximum Gasteiger partial charge on any atom is 0.282 e. The normalized spacial score (nSPS) is 15.7. The van der Waals surface area contributed by atoms with Gasteiger partial charge in [0.1, 0.15) is 16.4 Å². The number of carbonyl (C=O) groups excluding carboxylic acids is 1. The molecule has 2 heterocycles. The molecule has 1 aliphatic heterocycles. The molecule has 0 atom stereocenters. The van der Waals surface area contributed by atoms with Crippen LogP contribution in [-0.2, 0) is 10.0 Å². The summed E-state index contributed by atoms with van der Waals surface area (Å²) >= 11 is 0. The van der Waals surface area contributed by atoms with Crippen LogP contribution in [0.3, 0.4) is 0 Å². The zero-order valence-electron chi connectivity index (χ0n) is 17.3. The molecule has 0 unspecified atom stereocenters. The maximum absolute atomic E-state index is 13.3. The predicted octanol–water partition coefficient (Wildman–Crippen LogP) is 2.77. The van der Waals surface area contributed by atoms with E-state index in [-0.39, 0.29) is 10.5 Å². The summed E-state index contributed by atoms with van der Waals surface area (Å²) in [6.45, 7) is 4.21. The minimum Gasteiger partial charge on any atom is -0.497 e. The van der Waals surface area contributed by atoms with E-state index >= 15 is 0 Å². The van der Waals surface area contributed by atoms with Gasteiger partial charge in [0.25, 0.3) is 5.91 Å². The summed E-state index contributed by atoms with van der Waals surface area (Å²) in [6.07, 6.45) is 3.73. The fourth-order valence-corrected chi connectivity index (χ4v) is 5.57. The molecule has 2 aromatic rings. The van der Waals surface area contributed by atoms with Gasteiger partial charge >= 0.3 is 0 Å². The standard InChI is InChI=1S/C20H27N3O5S/c1-14-19(29(25,26)22-11-7-5-6-8-12-22)15(2)23(21-14)20(24)17-10-9-16(27-3)13-18(17)28-4/h9-10,13H,5-8,11-12H2,1-4H3. The van der Waals surface area contributed by atoms with Gasteiger partial charge in [0.15, 0.2) is 0 Å². The summed E-state index contributed by atoms with van der Waals surface area (Å²) < 4.78 is 39.7. The molecule has 0 radical (unpaired) electrons. The van der Waals surface area contributed by atoms with Crippen molar-refractivity contribution < 1.29 is 22.7 Å². The Hall–Kier alpha value is -2.39. The molecule has 1 aromatic carbocycles. The first kappa shape index (κ1) is 21.3. The fraction of sp³-hybridized carbons (Fsp3) is 0.500. The highest BCUT2D eigenvalue weighted by atomic mass is 32.2. The molecule has 158 valence electrons. The molecule has 1 aromatic heterocycles. The number of benzene rings is 1. The van der Waals surface area contributed by atoms with Gasteiger partial charge in [-0.25, -0.2) is 8.42 Å². The van der Waals surface area contributed by atoms with Gasteiger partial charge in [0.2, 0.25) is 10.0 Å². The summed E-state index contributed by atoms with van der Waals surface area (Å²) in [6, 6.07) is 4.84. The Balaban J connectivity index is 2.02. The molecule has 0 N–H and O–H groups in total. The number of hydrogen-bond donors (Lipinski definition) is 0. The van der Waals surface area contributed by atoms with Crippen LogP contribution in [0.5, 0.6) is 11.5 Å². The number of methoxy groups -OCH3 is 2. The average molecular weight is 422 g/mol. The molecule has 1 fully saturated rings. The van der Waals surface area contributed by atoms with Gasteiger partial charge in [-0.3, -0.25) is 4.79 Å². The van der Waals surface area contributed by atoms with Crippen LogP contribution >= 0.6 is 0 Å². The number of ether oxygens (including phenoxy) is 2. The first-order chi connectivity index (χ1) is 13.8. The van der Waals surface area contributed by atoms with E-state index in [1.807, 2.05) is 0 Å². The fourth-order valence-electron chi connectivity index (χ4n) is 3.70. The van der Waals surface area contributed by atoms with Gasteiger partial charge in [-0.2, -0.15) is 14.1 Å². The lowest BCUT2D eigenvalue weighted by atomic mass is 10.1. The van der Waals surface area contributed by atoms with E-state index in [1.54, 1.807) is 32.0 Å². The summed E-state index contributed by atoms with van der Waals surface area (Å²) in [4.78, 5) is 13.3. The van der Waals surface area contributed by atoms with Crippen molar-refractivity contribution in [1.29, 1.82) is 0 Å². The third-order valence-corrected chi connectivity index (χ3v) is 7.37. The smallest absolute Gasteiger partial charge is 0.282 e. The highest BCUT2D eigenvalue weighted by Crippen LogP contribution is 2.29. The number of hydrogen-bond acceptors (Lipinski definition) is 6. The molecule has 0 amide bonds. The van der Waals surface area contributed by atoms with Crippen molar-refractivity contribution in [3.63, 3.8) is 0 Å². The second kappa shape index (κ2) is 8.54. The van der Waals surface area contributed by atoms with Gasteiger partial charge in [-0.15, -0.1) is 0 Å². The van der Waals surface area contributed by atoms with Crippen molar-refractivity contribution in [2.45, 2.75) is 44.4 Å². The van der Waals surface area contributed by atoms with Gasteiger partial charge in [0.05, 0.1) is 31.2 Å². The molecular weight excluding hydrogens is 394 g/mol. The summed E-state index contributed by atoms with van der Waals surface area (Å²) in [5.74, 6) is 0.428. The maximum atomic E-state index is 13.3. The molecule has 0 aliphatic carbocycles. The lowest BCUT2D eigenvalue weighted by Crippen LogP contribution is -2.32. The largest absolute Gasteiger partial charge is 0.497 e. The average Bonchev–Trinajstić information content (AvgIpc) is 2.89. The molecule has 9 heteroatoms. The minimum atomic E-state index is -3.72. The van der Waals surface area contributed by atoms with E-state index in [0.717, 1.165) is 30.4 Å². The predicted molar refractivity (Wildman–Crippen MR) is 108 cm³/mol. The summed E-state index contributed by atoms with van der Waals surface area (Å²) in [7, 11) is -0.736. The zero-order valence-corrected chi connectivity index (χ0v) is 18.1. The van der Waals surface area contributed by atoms with Gasteiger partial charge < -0.3 is 9.47 Å². The number of rotatable bonds is 5. The Kier molecular flexibility index (Phi) is 6.28. The number of carbonyl (C=O) groups is 1. The molecule has 8 nitrogen and oxygen atoms in total. The summed E-state index contributed by atoms with van der Waals surface area (Å²) in [5, 5.41) is 4.26. The van der Waals surface area contributed by atoms with E-state index < -0.39 is 15.9 Å². The number of aryl methyl sites for hydroxylation is 1. The minimum absolute atomic E-state index is 0.111. The Labute approximate surface area is 171 Å². The quantitative estimate of drug-likeness (QED) is 0.737. The van der Waals surface area contributed by atoms with Crippen molar-refractivity contribution in [1.82, 2.24) is 14.1 Å². The highest BCUT2D eigenvalue weighted by molar-refractivity contribution is 7.89. The lowest BCUT2D eigenvalue weighted by molar-refractivity contribution is 0.0939. The topological polar surface area (TPSA) is 90.7 Å². The molecule has 3 rings (SSSR count). The Morgan fingerprint density at radius 2 is 1.69 bits per heavy atom. The molecule has 1 saturated heterocycles. The van der Waals surface area contributed by atoms with Gasteiger partial charge in [0, 0.05) is 19.2 Å². The van der Waals surface area contributed by atoms with Crippen LogP contribution in [0.2, 0.25) is 0 Å². The molecule has 1 aliphatic rings. The van der Waals surface area contributed by atoms with Gasteiger partial charge in [-0.05, 0) is 38.8 Å². The van der Waals surface area contributed by atoms with Crippen molar-refractivity contribution in [3.8, 4) is 11.5 Å². The van der Waals surface area contributed by atoms with E-state index in [9.17, 15) is 13.2 Å². The second-order valence-corrected chi connectivity index (χ2v) is 8.98. The number of sulfonamides is 1. The summed E-state index contributed by atoms with van der Waals surface area (Å²) in [5.41, 5.74) is 0.889. The highest BCUT2D eigenvalue weighted by Gasteiger charge is 2.33. The third-order valence-electron chi connectivity index (χ3n) is 5.22. The third kappa shape index (κ3) is 4.02. The number of nitrogens with zero attached hydrogens (tertiary/aromatic N) is 3. The Morgan fingerprint density at radius 1 is 1.03 bits per heavy atom. The molecular formula is C20H27N3O5S. The van der Waals surface area contributed by atoms with Crippen molar-refractivity contribution in [3.05, 3.63) is 35.2 Å². The SMILES string of the molecule is COc1ccc(C(=O)n2nc(C)c(S(=O)(=O)N3CCCCCC3)c2C)c(OC)c1. The Morgan fingerprint density at radius 3 is 2.28 bits per heavy atom. The van der Waals surface area contributed by atoms with E-state index in [4.69, 9.17) is 9.47 Å².